The van der Waals surface area contributed by atoms with Crippen molar-refractivity contribution < 1.29 is 0 Å². The Hall–Kier alpha value is -1.04. The third-order valence-electron chi connectivity index (χ3n) is 3.20. The standard InChI is InChI=1S/C11H14N4O.2ClH/c16-11-10-9(3-6-13-11)15(7-14-10)8-1-4-12-5-2-8;;/h3,6-8,12H,1-2,4-5H2,(H,13,16);2*1H. The third kappa shape index (κ3) is 2.53. The molecule has 0 aromatic carbocycles. The van der Waals surface area contributed by atoms with Gasteiger partial charge in [-0.25, -0.2) is 4.98 Å². The van der Waals surface area contributed by atoms with Gasteiger partial charge in [-0.15, -0.1) is 24.8 Å². The summed E-state index contributed by atoms with van der Waals surface area (Å²) in [5.74, 6) is 0. The topological polar surface area (TPSA) is 62.7 Å². The van der Waals surface area contributed by atoms with Crippen LogP contribution in [0.1, 0.15) is 18.9 Å². The lowest BCUT2D eigenvalue weighted by Crippen LogP contribution is -2.29. The van der Waals surface area contributed by atoms with Crippen LogP contribution in [0.4, 0.5) is 0 Å². The number of pyridine rings is 1. The highest BCUT2D eigenvalue weighted by Gasteiger charge is 2.17. The van der Waals surface area contributed by atoms with Crippen molar-refractivity contribution in [3.63, 3.8) is 0 Å². The highest BCUT2D eigenvalue weighted by molar-refractivity contribution is 5.85. The maximum absolute atomic E-state index is 11.5. The second-order valence-corrected chi connectivity index (χ2v) is 4.17. The fourth-order valence-electron chi connectivity index (χ4n) is 2.35. The van der Waals surface area contributed by atoms with Crippen LogP contribution in [-0.4, -0.2) is 27.6 Å². The highest BCUT2D eigenvalue weighted by Crippen LogP contribution is 2.22. The molecule has 1 saturated heterocycles. The summed E-state index contributed by atoms with van der Waals surface area (Å²) in [5, 5.41) is 3.33. The smallest absolute Gasteiger partial charge is 0.276 e. The number of hydrogen-bond acceptors (Lipinski definition) is 3. The van der Waals surface area contributed by atoms with E-state index in [2.05, 4.69) is 19.9 Å². The molecule has 1 aliphatic rings. The molecule has 0 amide bonds. The third-order valence-corrected chi connectivity index (χ3v) is 3.20. The molecule has 0 atom stereocenters. The first kappa shape index (κ1) is 15.0. The molecule has 2 aromatic heterocycles. The zero-order chi connectivity index (χ0) is 11.0. The van der Waals surface area contributed by atoms with Gasteiger partial charge < -0.3 is 14.9 Å². The average molecular weight is 291 g/mol. The van der Waals surface area contributed by atoms with Gasteiger partial charge in [0.1, 0.15) is 0 Å². The number of aromatic nitrogens is 3. The van der Waals surface area contributed by atoms with Crippen molar-refractivity contribution in [1.29, 1.82) is 0 Å². The number of halogens is 2. The van der Waals surface area contributed by atoms with E-state index in [0.29, 0.717) is 11.6 Å². The van der Waals surface area contributed by atoms with Crippen LogP contribution < -0.4 is 10.9 Å². The quantitative estimate of drug-likeness (QED) is 0.837. The number of aromatic amines is 1. The zero-order valence-electron chi connectivity index (χ0n) is 9.76. The Morgan fingerprint density at radius 1 is 1.28 bits per heavy atom. The van der Waals surface area contributed by atoms with E-state index in [4.69, 9.17) is 0 Å². The Labute approximate surface area is 117 Å². The molecule has 0 aliphatic carbocycles. The van der Waals surface area contributed by atoms with Crippen LogP contribution in [0.15, 0.2) is 23.4 Å². The summed E-state index contributed by atoms with van der Waals surface area (Å²) in [7, 11) is 0. The molecule has 1 aliphatic heterocycles. The first-order chi connectivity index (χ1) is 7.86. The van der Waals surface area contributed by atoms with Crippen LogP contribution in [0.3, 0.4) is 0 Å². The molecule has 0 radical (unpaired) electrons. The number of hydrogen-bond donors (Lipinski definition) is 2. The Morgan fingerprint density at radius 3 is 2.72 bits per heavy atom. The lowest BCUT2D eigenvalue weighted by atomic mass is 10.1. The molecule has 2 N–H and O–H groups in total. The van der Waals surface area contributed by atoms with Crippen molar-refractivity contribution in [2.75, 3.05) is 13.1 Å². The number of nitrogens with one attached hydrogen (secondary N) is 2. The maximum atomic E-state index is 11.5. The van der Waals surface area contributed by atoms with E-state index in [1.165, 1.54) is 0 Å². The largest absolute Gasteiger partial charge is 0.327 e. The van der Waals surface area contributed by atoms with Gasteiger partial charge >= 0.3 is 0 Å². The van der Waals surface area contributed by atoms with Gasteiger partial charge in [-0.3, -0.25) is 4.79 Å². The normalized spacial score (nSPS) is 16.0. The summed E-state index contributed by atoms with van der Waals surface area (Å²) in [6.07, 6.45) is 5.66. The SMILES string of the molecule is Cl.Cl.O=c1[nH]ccc2c1ncn2C1CCNCC1. The minimum Gasteiger partial charge on any atom is -0.327 e. The molecule has 2 aromatic rings. The number of piperidine rings is 1. The molecular formula is C11H16Cl2N4O. The van der Waals surface area contributed by atoms with Crippen LogP contribution in [-0.2, 0) is 0 Å². The predicted molar refractivity (Wildman–Crippen MR) is 76.0 cm³/mol. The zero-order valence-corrected chi connectivity index (χ0v) is 11.4. The minimum atomic E-state index is -0.106. The number of imidazole rings is 1. The Balaban J connectivity index is 0.000000810. The van der Waals surface area contributed by atoms with Gasteiger partial charge in [0.15, 0.2) is 5.52 Å². The first-order valence-electron chi connectivity index (χ1n) is 5.61. The summed E-state index contributed by atoms with van der Waals surface area (Å²) >= 11 is 0. The predicted octanol–water partition coefficient (Wildman–Crippen LogP) is 1.49. The van der Waals surface area contributed by atoms with Crippen LogP contribution in [0.5, 0.6) is 0 Å². The van der Waals surface area contributed by atoms with Crippen LogP contribution in [0.2, 0.25) is 0 Å². The van der Waals surface area contributed by atoms with Gasteiger partial charge in [-0.05, 0) is 32.0 Å². The molecular weight excluding hydrogens is 275 g/mol. The number of H-pyrrole nitrogens is 1. The summed E-state index contributed by atoms with van der Waals surface area (Å²) in [5.41, 5.74) is 1.38. The van der Waals surface area contributed by atoms with Gasteiger partial charge in [0.2, 0.25) is 0 Å². The van der Waals surface area contributed by atoms with E-state index in [-0.39, 0.29) is 30.4 Å². The molecule has 0 saturated carbocycles. The fourth-order valence-corrected chi connectivity index (χ4v) is 2.35. The monoisotopic (exact) mass is 290 g/mol. The fraction of sp³-hybridized carbons (Fsp3) is 0.455. The van der Waals surface area contributed by atoms with Crippen molar-refractivity contribution in [2.45, 2.75) is 18.9 Å². The van der Waals surface area contributed by atoms with E-state index in [0.717, 1.165) is 31.4 Å². The summed E-state index contributed by atoms with van der Waals surface area (Å²) < 4.78 is 2.13. The molecule has 3 rings (SSSR count). The van der Waals surface area contributed by atoms with E-state index in [9.17, 15) is 4.79 Å². The van der Waals surface area contributed by atoms with Gasteiger partial charge in [-0.1, -0.05) is 0 Å². The van der Waals surface area contributed by atoms with E-state index >= 15 is 0 Å². The van der Waals surface area contributed by atoms with Gasteiger partial charge in [0.05, 0.1) is 11.8 Å². The molecule has 0 bridgehead atoms. The first-order valence-corrected chi connectivity index (χ1v) is 5.61. The number of fused-ring (bicyclic) bond motifs is 1. The van der Waals surface area contributed by atoms with E-state index in [1.54, 1.807) is 12.5 Å². The van der Waals surface area contributed by atoms with Gasteiger partial charge in [0.25, 0.3) is 5.56 Å². The van der Waals surface area contributed by atoms with Crippen molar-refractivity contribution in [3.8, 4) is 0 Å². The van der Waals surface area contributed by atoms with E-state index in [1.807, 2.05) is 6.07 Å². The summed E-state index contributed by atoms with van der Waals surface area (Å²) in [4.78, 5) is 18.4. The second-order valence-electron chi connectivity index (χ2n) is 4.17. The van der Waals surface area contributed by atoms with Crippen molar-refractivity contribution in [1.82, 2.24) is 19.9 Å². The van der Waals surface area contributed by atoms with Crippen LogP contribution in [0.25, 0.3) is 11.0 Å². The summed E-state index contributed by atoms with van der Waals surface area (Å²) in [6, 6.07) is 2.39. The number of rotatable bonds is 1. The van der Waals surface area contributed by atoms with Crippen molar-refractivity contribution >= 4 is 35.8 Å². The Morgan fingerprint density at radius 2 is 2.00 bits per heavy atom. The molecule has 0 spiro atoms. The van der Waals surface area contributed by atoms with Crippen molar-refractivity contribution in [3.05, 3.63) is 28.9 Å². The molecule has 18 heavy (non-hydrogen) atoms. The molecule has 7 heteroatoms. The molecule has 3 heterocycles. The maximum Gasteiger partial charge on any atom is 0.276 e. The van der Waals surface area contributed by atoms with Crippen LogP contribution in [0, 0.1) is 0 Å². The molecule has 1 fully saturated rings. The minimum absolute atomic E-state index is 0. The van der Waals surface area contributed by atoms with Crippen molar-refractivity contribution in [2.24, 2.45) is 0 Å². The lowest BCUT2D eigenvalue weighted by molar-refractivity contribution is 0.374. The highest BCUT2D eigenvalue weighted by atomic mass is 35.5. The lowest BCUT2D eigenvalue weighted by Gasteiger charge is -2.24. The van der Waals surface area contributed by atoms with E-state index < -0.39 is 0 Å². The average Bonchev–Trinajstić information content (AvgIpc) is 2.75. The molecule has 0 unspecified atom stereocenters. The van der Waals surface area contributed by atoms with Gasteiger partial charge in [-0.2, -0.15) is 0 Å². The van der Waals surface area contributed by atoms with Crippen LogP contribution >= 0.6 is 24.8 Å². The molecule has 100 valence electrons. The molecule has 5 nitrogen and oxygen atoms in total. The Bertz CT molecular complexity index is 559. The second kappa shape index (κ2) is 6.22. The Kier molecular flexibility index (Phi) is 5.19. The number of nitrogens with zero attached hydrogens (tertiary/aromatic N) is 2. The summed E-state index contributed by atoms with van der Waals surface area (Å²) in [6.45, 7) is 2.07. The van der Waals surface area contributed by atoms with Gasteiger partial charge in [0, 0.05) is 12.2 Å².